The molecule has 1 aliphatic heterocycles. The first-order valence-corrected chi connectivity index (χ1v) is 12.2. The molecule has 1 aromatic carbocycles. The number of nitrogens with one attached hydrogen (secondary N) is 3. The van der Waals surface area contributed by atoms with Crippen molar-refractivity contribution in [2.45, 2.75) is 50.6 Å². The molecule has 8 nitrogen and oxygen atoms in total. The zero-order valence-electron chi connectivity index (χ0n) is 19.7. The molecule has 0 atom stereocenters. The summed E-state index contributed by atoms with van der Waals surface area (Å²) in [5.41, 5.74) is -0.812. The number of quaternary nitrogens is 1. The second-order valence-corrected chi connectivity index (χ2v) is 9.77. The van der Waals surface area contributed by atoms with E-state index in [1.54, 1.807) is 19.0 Å². The summed E-state index contributed by atoms with van der Waals surface area (Å²) in [6.07, 6.45) is 6.68. The first-order valence-electron chi connectivity index (χ1n) is 11.4. The van der Waals surface area contributed by atoms with Crippen LogP contribution in [0.5, 0.6) is 0 Å². The van der Waals surface area contributed by atoms with Gasteiger partial charge in [0.25, 0.3) is 0 Å². The molecule has 1 saturated carbocycles. The number of carbonyl (C=O) groups is 2. The lowest BCUT2D eigenvalue weighted by atomic mass is 9.97. The van der Waals surface area contributed by atoms with Crippen LogP contribution in [-0.4, -0.2) is 51.5 Å². The Morgan fingerprint density at radius 3 is 2.49 bits per heavy atom. The van der Waals surface area contributed by atoms with E-state index in [4.69, 9.17) is 10.8 Å². The molecule has 1 amide bonds. The molecule has 1 heterocycles. The number of aliphatic hydroxyl groups excluding tert-OH is 1. The quantitative estimate of drug-likeness (QED) is 0.175. The second-order valence-electron chi connectivity index (χ2n) is 8.67. The van der Waals surface area contributed by atoms with Crippen molar-refractivity contribution in [3.8, 4) is 0 Å². The van der Waals surface area contributed by atoms with Gasteiger partial charge in [-0.2, -0.15) is 0 Å². The fourth-order valence-corrected chi connectivity index (χ4v) is 5.16. The van der Waals surface area contributed by atoms with Gasteiger partial charge in [0.15, 0.2) is 0 Å². The lowest BCUT2D eigenvalue weighted by Gasteiger charge is -2.41. The van der Waals surface area contributed by atoms with Crippen LogP contribution in [0.4, 0.5) is 8.78 Å². The van der Waals surface area contributed by atoms with E-state index in [1.807, 2.05) is 0 Å². The predicted octanol–water partition coefficient (Wildman–Crippen LogP) is 2.72. The monoisotopic (exact) mass is 506 g/mol. The summed E-state index contributed by atoms with van der Waals surface area (Å²) in [6, 6.07) is 3.01. The van der Waals surface area contributed by atoms with Crippen molar-refractivity contribution in [3.05, 3.63) is 58.6 Å². The number of hydrogen-bond acceptors (Lipinski definition) is 7. The van der Waals surface area contributed by atoms with E-state index in [9.17, 15) is 23.5 Å². The molecule has 0 aromatic heterocycles. The Morgan fingerprint density at radius 1 is 1.23 bits per heavy atom. The fourth-order valence-electron chi connectivity index (χ4n) is 4.42. The number of aliphatic hydroxyl groups is 1. The molecular formula is C24H30F2N5O3S+. The van der Waals surface area contributed by atoms with E-state index in [-0.39, 0.29) is 33.3 Å². The van der Waals surface area contributed by atoms with Crippen molar-refractivity contribution >= 4 is 33.5 Å². The molecule has 6 N–H and O–H groups in total. The summed E-state index contributed by atoms with van der Waals surface area (Å²) >= 11 is 0.622. The van der Waals surface area contributed by atoms with Crippen LogP contribution < -0.4 is 10.6 Å². The van der Waals surface area contributed by atoms with Crippen molar-refractivity contribution in [2.75, 3.05) is 14.1 Å². The van der Waals surface area contributed by atoms with Crippen LogP contribution in [0.15, 0.2) is 41.4 Å². The molecule has 11 heteroatoms. The SMILES string of the molecule is CNC1(N(C)C(=O)C2=C(O)C(=O)C(C(=N)SC(=N)Cc3ccc(F)cc3F)=C[NH2+]2)CCCCCC1. The van der Waals surface area contributed by atoms with Gasteiger partial charge in [0.2, 0.25) is 17.2 Å². The Hall–Kier alpha value is -2.89. The zero-order valence-corrected chi connectivity index (χ0v) is 20.5. The van der Waals surface area contributed by atoms with Crippen molar-refractivity contribution in [1.29, 1.82) is 10.8 Å². The van der Waals surface area contributed by atoms with Crippen LogP contribution in [-0.2, 0) is 16.0 Å². The van der Waals surface area contributed by atoms with Crippen LogP contribution in [0.1, 0.15) is 44.1 Å². The van der Waals surface area contributed by atoms with Gasteiger partial charge < -0.3 is 10.0 Å². The number of ketones is 1. The molecule has 0 spiro atoms. The summed E-state index contributed by atoms with van der Waals surface area (Å²) in [4.78, 5) is 27.6. The topological polar surface area (TPSA) is 134 Å². The van der Waals surface area contributed by atoms with Crippen molar-refractivity contribution in [2.24, 2.45) is 0 Å². The summed E-state index contributed by atoms with van der Waals surface area (Å²) < 4.78 is 26.9. The maximum atomic E-state index is 13.9. The number of hydrogen-bond donors (Lipinski definition) is 5. The van der Waals surface area contributed by atoms with Gasteiger partial charge in [-0.05, 0) is 44.4 Å². The van der Waals surface area contributed by atoms with Crippen LogP contribution >= 0.6 is 11.8 Å². The van der Waals surface area contributed by atoms with E-state index in [2.05, 4.69) is 5.32 Å². The first-order chi connectivity index (χ1) is 16.6. The Balaban J connectivity index is 1.69. The number of thioether (sulfide) groups is 1. The third-order valence-electron chi connectivity index (χ3n) is 6.54. The highest BCUT2D eigenvalue weighted by Gasteiger charge is 2.42. The van der Waals surface area contributed by atoms with Crippen LogP contribution in [0.2, 0.25) is 0 Å². The van der Waals surface area contributed by atoms with Crippen LogP contribution in [0, 0.1) is 22.5 Å². The summed E-state index contributed by atoms with van der Waals surface area (Å²) in [6.45, 7) is 0. The van der Waals surface area contributed by atoms with Crippen LogP contribution in [0.3, 0.4) is 0 Å². The van der Waals surface area contributed by atoms with Gasteiger partial charge in [-0.3, -0.25) is 31.0 Å². The number of nitrogens with zero attached hydrogens (tertiary/aromatic N) is 1. The van der Waals surface area contributed by atoms with Crippen molar-refractivity contribution < 1.29 is 28.8 Å². The highest BCUT2D eigenvalue weighted by molar-refractivity contribution is 8.26. The average Bonchev–Trinajstić information content (AvgIpc) is 3.08. The molecule has 1 fully saturated rings. The van der Waals surface area contributed by atoms with Gasteiger partial charge in [0.1, 0.15) is 28.5 Å². The molecule has 0 bridgehead atoms. The smallest absolute Gasteiger partial charge is 0.313 e. The molecule has 2 aliphatic rings. The number of rotatable bonds is 6. The predicted molar refractivity (Wildman–Crippen MR) is 130 cm³/mol. The Kier molecular flexibility index (Phi) is 8.57. The molecule has 1 aliphatic carbocycles. The highest BCUT2D eigenvalue weighted by Crippen LogP contribution is 2.30. The van der Waals surface area contributed by atoms with E-state index in [0.29, 0.717) is 17.8 Å². The maximum absolute atomic E-state index is 13.9. The summed E-state index contributed by atoms with van der Waals surface area (Å²) in [7, 11) is 3.44. The molecule has 35 heavy (non-hydrogen) atoms. The molecule has 0 unspecified atom stereocenters. The van der Waals surface area contributed by atoms with Gasteiger partial charge in [-0.15, -0.1) is 0 Å². The maximum Gasteiger partial charge on any atom is 0.313 e. The second kappa shape index (κ2) is 11.2. The van der Waals surface area contributed by atoms with Crippen molar-refractivity contribution in [3.63, 3.8) is 0 Å². The number of allylic oxidation sites excluding steroid dienone is 1. The van der Waals surface area contributed by atoms with Gasteiger partial charge in [0, 0.05) is 19.5 Å². The Morgan fingerprint density at radius 2 is 1.89 bits per heavy atom. The zero-order chi connectivity index (χ0) is 25.8. The van der Waals surface area contributed by atoms with E-state index in [1.165, 1.54) is 17.6 Å². The fraction of sp³-hybridized carbons (Fsp3) is 0.417. The number of halogens is 2. The average molecular weight is 507 g/mol. The van der Waals surface area contributed by atoms with Gasteiger partial charge in [-0.25, -0.2) is 8.78 Å². The molecule has 0 radical (unpaired) electrons. The molecular weight excluding hydrogens is 476 g/mol. The molecule has 188 valence electrons. The van der Waals surface area contributed by atoms with Gasteiger partial charge in [0.05, 0.1) is 10.7 Å². The summed E-state index contributed by atoms with van der Waals surface area (Å²) in [5, 5.41) is 30.9. The number of Topliss-reactive ketones (excluding diaryl/α,β-unsaturated/α-hetero) is 1. The third-order valence-corrected chi connectivity index (χ3v) is 7.36. The third kappa shape index (κ3) is 5.85. The van der Waals surface area contributed by atoms with E-state index in [0.717, 1.165) is 44.6 Å². The first kappa shape index (κ1) is 26.7. The lowest BCUT2D eigenvalue weighted by Crippen LogP contribution is -2.81. The Bertz CT molecular complexity index is 1110. The minimum atomic E-state index is -0.887. The Labute approximate surface area is 206 Å². The number of benzene rings is 1. The summed E-state index contributed by atoms with van der Waals surface area (Å²) in [5.74, 6) is -3.67. The van der Waals surface area contributed by atoms with E-state index < -0.39 is 34.7 Å². The number of carbonyl (C=O) groups excluding carboxylic acids is 2. The standard InChI is InChI=1S/C24H29F2N5O3S/c1-29-24(9-5-3-4-6-10-24)31(2)23(34)19-21(33)20(32)16(13-30-19)22(28)35-18(27)11-14-7-8-15(25)12-17(14)26/h7-8,12-13,27-29,33H,3-6,9-11H2,1-2H3,(H,30,32)/p+1. The largest absolute Gasteiger partial charge is 0.500 e. The highest BCUT2D eigenvalue weighted by atomic mass is 32.2. The molecule has 1 aromatic rings. The molecule has 3 rings (SSSR count). The number of amides is 1. The normalized spacial score (nSPS) is 18.1. The minimum Gasteiger partial charge on any atom is -0.500 e. The van der Waals surface area contributed by atoms with Gasteiger partial charge >= 0.3 is 5.91 Å². The minimum absolute atomic E-state index is 0.0860. The molecule has 0 saturated heterocycles. The van der Waals surface area contributed by atoms with E-state index >= 15 is 0 Å². The van der Waals surface area contributed by atoms with Crippen LogP contribution in [0.25, 0.3) is 0 Å². The number of likely N-dealkylation sites (N-methyl/N-ethyl adjacent to an activating group) is 1. The van der Waals surface area contributed by atoms with Crippen molar-refractivity contribution in [1.82, 2.24) is 10.2 Å². The lowest BCUT2D eigenvalue weighted by molar-refractivity contribution is -0.532. The van der Waals surface area contributed by atoms with Gasteiger partial charge in [-0.1, -0.05) is 30.7 Å². The number of nitrogens with two attached hydrogens (primary N) is 1.